The molecule has 0 spiro atoms. The van der Waals surface area contributed by atoms with Crippen LogP contribution in [0.1, 0.15) is 21.5 Å². The maximum absolute atomic E-state index is 12.3. The molecule has 0 aliphatic carbocycles. The van der Waals surface area contributed by atoms with Gasteiger partial charge in [0, 0.05) is 10.6 Å². The van der Waals surface area contributed by atoms with Crippen LogP contribution in [-0.4, -0.2) is 12.1 Å². The summed E-state index contributed by atoms with van der Waals surface area (Å²) in [5.41, 5.74) is 4.23. The van der Waals surface area contributed by atoms with Gasteiger partial charge in [-0.3, -0.25) is 9.59 Å². The van der Waals surface area contributed by atoms with Crippen LogP contribution in [0.2, 0.25) is 5.02 Å². The van der Waals surface area contributed by atoms with Crippen molar-refractivity contribution in [2.75, 3.05) is 0 Å². The molecule has 1 N–H and O–H groups in total. The highest BCUT2D eigenvalue weighted by molar-refractivity contribution is 6.31. The van der Waals surface area contributed by atoms with Crippen molar-refractivity contribution >= 4 is 34.7 Å². The van der Waals surface area contributed by atoms with Crippen LogP contribution in [0.15, 0.2) is 63.0 Å². The van der Waals surface area contributed by atoms with E-state index in [0.717, 1.165) is 5.56 Å². The molecule has 6 heteroatoms. The summed E-state index contributed by atoms with van der Waals surface area (Å²) in [6.45, 7) is 1.89. The third kappa shape index (κ3) is 3.36. The number of nitrogens with one attached hydrogen (secondary N) is 1. The topological polar surface area (TPSA) is 71.7 Å². The molecule has 1 heterocycles. The first-order chi connectivity index (χ1) is 11.5. The van der Waals surface area contributed by atoms with Crippen molar-refractivity contribution in [3.05, 3.63) is 80.7 Å². The molecule has 1 amide bonds. The molecule has 0 saturated carbocycles. The maximum Gasteiger partial charge on any atom is 0.271 e. The van der Waals surface area contributed by atoms with E-state index in [9.17, 15) is 9.59 Å². The summed E-state index contributed by atoms with van der Waals surface area (Å²) in [7, 11) is 0. The molecule has 0 fully saturated rings. The standard InChI is InChI=1S/C18H13ClN2O3/c1-11-3-2-4-12(7-11)18(23)21-20-9-13-10-24-16-6-5-14(19)8-15(16)17(13)22/h2-10H,1H3,(H,21,23). The van der Waals surface area contributed by atoms with Crippen molar-refractivity contribution in [1.82, 2.24) is 5.43 Å². The second-order valence-corrected chi connectivity index (χ2v) is 5.67. The van der Waals surface area contributed by atoms with Crippen molar-refractivity contribution in [2.45, 2.75) is 6.92 Å². The number of hydrazone groups is 1. The number of nitrogens with zero attached hydrogens (tertiary/aromatic N) is 1. The van der Waals surface area contributed by atoms with E-state index in [0.29, 0.717) is 21.6 Å². The van der Waals surface area contributed by atoms with Gasteiger partial charge in [-0.15, -0.1) is 0 Å². The number of benzene rings is 2. The molecule has 120 valence electrons. The molecule has 3 rings (SSSR count). The molecule has 0 atom stereocenters. The van der Waals surface area contributed by atoms with Gasteiger partial charge in [0.25, 0.3) is 5.91 Å². The number of hydrogen-bond donors (Lipinski definition) is 1. The smallest absolute Gasteiger partial charge is 0.271 e. The fraction of sp³-hybridized carbons (Fsp3) is 0.0556. The summed E-state index contributed by atoms with van der Waals surface area (Å²) >= 11 is 5.90. The van der Waals surface area contributed by atoms with E-state index in [1.54, 1.807) is 30.3 Å². The zero-order valence-corrected chi connectivity index (χ0v) is 13.5. The number of rotatable bonds is 3. The van der Waals surface area contributed by atoms with Crippen molar-refractivity contribution < 1.29 is 9.21 Å². The average molecular weight is 341 g/mol. The normalized spacial score (nSPS) is 11.1. The Labute approximate surface area is 142 Å². The first-order valence-electron chi connectivity index (χ1n) is 7.16. The maximum atomic E-state index is 12.3. The highest BCUT2D eigenvalue weighted by atomic mass is 35.5. The summed E-state index contributed by atoms with van der Waals surface area (Å²) in [5.74, 6) is -0.358. The van der Waals surface area contributed by atoms with Crippen LogP contribution in [0.3, 0.4) is 0 Å². The van der Waals surface area contributed by atoms with Gasteiger partial charge in [-0.2, -0.15) is 5.10 Å². The lowest BCUT2D eigenvalue weighted by molar-refractivity contribution is 0.0955. The Bertz CT molecular complexity index is 1010. The number of carbonyl (C=O) groups is 1. The van der Waals surface area contributed by atoms with Crippen LogP contribution in [-0.2, 0) is 0 Å². The molecular weight excluding hydrogens is 328 g/mol. The number of amides is 1. The molecule has 0 saturated heterocycles. The van der Waals surface area contributed by atoms with Crippen LogP contribution >= 0.6 is 11.6 Å². The number of halogens is 1. The second-order valence-electron chi connectivity index (χ2n) is 5.23. The number of fused-ring (bicyclic) bond motifs is 1. The van der Waals surface area contributed by atoms with Gasteiger partial charge in [0.1, 0.15) is 11.8 Å². The summed E-state index contributed by atoms with van der Waals surface area (Å²) < 4.78 is 5.37. The van der Waals surface area contributed by atoms with Gasteiger partial charge in [-0.1, -0.05) is 29.3 Å². The molecular formula is C18H13ClN2O3. The number of carbonyl (C=O) groups excluding carboxylic acids is 1. The van der Waals surface area contributed by atoms with E-state index in [1.807, 2.05) is 13.0 Å². The second kappa shape index (κ2) is 6.68. The third-order valence-corrected chi connectivity index (χ3v) is 3.65. The van der Waals surface area contributed by atoms with Crippen LogP contribution in [0.25, 0.3) is 11.0 Å². The minimum atomic E-state index is -0.358. The highest BCUT2D eigenvalue weighted by Gasteiger charge is 2.07. The first-order valence-corrected chi connectivity index (χ1v) is 7.53. The molecule has 0 aliphatic rings. The Morgan fingerprint density at radius 3 is 2.88 bits per heavy atom. The molecule has 1 aromatic heterocycles. The third-order valence-electron chi connectivity index (χ3n) is 3.41. The van der Waals surface area contributed by atoms with Crippen molar-refractivity contribution in [2.24, 2.45) is 5.10 Å². The predicted molar refractivity (Wildman–Crippen MR) is 93.7 cm³/mol. The van der Waals surface area contributed by atoms with Crippen LogP contribution in [0.5, 0.6) is 0 Å². The van der Waals surface area contributed by atoms with Gasteiger partial charge in [0.2, 0.25) is 5.43 Å². The predicted octanol–water partition coefficient (Wildman–Crippen LogP) is 3.52. The highest BCUT2D eigenvalue weighted by Crippen LogP contribution is 2.16. The lowest BCUT2D eigenvalue weighted by Crippen LogP contribution is -2.18. The number of aryl methyl sites for hydroxylation is 1. The SMILES string of the molecule is Cc1cccc(C(=O)NN=Cc2coc3ccc(Cl)cc3c2=O)c1. The van der Waals surface area contributed by atoms with Crippen molar-refractivity contribution in [3.63, 3.8) is 0 Å². The van der Waals surface area contributed by atoms with Gasteiger partial charge in [-0.25, -0.2) is 5.43 Å². The van der Waals surface area contributed by atoms with Crippen LogP contribution < -0.4 is 10.9 Å². The minimum Gasteiger partial charge on any atom is -0.463 e. The van der Waals surface area contributed by atoms with Gasteiger partial charge in [0.15, 0.2) is 0 Å². The summed E-state index contributed by atoms with van der Waals surface area (Å²) in [5, 5.41) is 4.62. The lowest BCUT2D eigenvalue weighted by atomic mass is 10.1. The molecule has 3 aromatic rings. The molecule has 0 aliphatic heterocycles. The average Bonchev–Trinajstić information content (AvgIpc) is 2.57. The molecule has 0 radical (unpaired) electrons. The van der Waals surface area contributed by atoms with Gasteiger partial charge in [0.05, 0.1) is 17.2 Å². The summed E-state index contributed by atoms with van der Waals surface area (Å²) in [6, 6.07) is 11.9. The molecule has 0 bridgehead atoms. The minimum absolute atomic E-state index is 0.217. The largest absolute Gasteiger partial charge is 0.463 e. The monoisotopic (exact) mass is 340 g/mol. The lowest BCUT2D eigenvalue weighted by Gasteiger charge is -2.01. The van der Waals surface area contributed by atoms with E-state index in [1.165, 1.54) is 18.5 Å². The fourth-order valence-electron chi connectivity index (χ4n) is 2.22. The van der Waals surface area contributed by atoms with Crippen LogP contribution in [0.4, 0.5) is 0 Å². The molecule has 24 heavy (non-hydrogen) atoms. The van der Waals surface area contributed by atoms with Crippen molar-refractivity contribution in [1.29, 1.82) is 0 Å². The molecule has 2 aromatic carbocycles. The first kappa shape index (κ1) is 16.0. The van der Waals surface area contributed by atoms with Crippen LogP contribution in [0, 0.1) is 6.92 Å². The Morgan fingerprint density at radius 1 is 1.25 bits per heavy atom. The van der Waals surface area contributed by atoms with Gasteiger partial charge in [-0.05, 0) is 37.3 Å². The zero-order valence-electron chi connectivity index (χ0n) is 12.7. The summed E-state index contributed by atoms with van der Waals surface area (Å²) in [6.07, 6.45) is 2.54. The Balaban J connectivity index is 1.82. The van der Waals surface area contributed by atoms with E-state index < -0.39 is 0 Å². The van der Waals surface area contributed by atoms with Gasteiger partial charge >= 0.3 is 0 Å². The Morgan fingerprint density at radius 2 is 2.08 bits per heavy atom. The van der Waals surface area contributed by atoms with E-state index in [2.05, 4.69) is 10.5 Å². The Kier molecular flexibility index (Phi) is 4.44. The molecule has 5 nitrogen and oxygen atoms in total. The van der Waals surface area contributed by atoms with E-state index in [-0.39, 0.29) is 16.9 Å². The number of hydrogen-bond acceptors (Lipinski definition) is 4. The Hall–Kier alpha value is -2.92. The van der Waals surface area contributed by atoms with E-state index in [4.69, 9.17) is 16.0 Å². The summed E-state index contributed by atoms with van der Waals surface area (Å²) in [4.78, 5) is 24.3. The van der Waals surface area contributed by atoms with Gasteiger partial charge < -0.3 is 4.42 Å². The fourth-order valence-corrected chi connectivity index (χ4v) is 2.39. The quantitative estimate of drug-likeness (QED) is 0.585. The van der Waals surface area contributed by atoms with E-state index >= 15 is 0 Å². The van der Waals surface area contributed by atoms with Crippen molar-refractivity contribution in [3.8, 4) is 0 Å². The molecule has 0 unspecified atom stereocenters. The zero-order chi connectivity index (χ0) is 17.1.